The Hall–Kier alpha value is -1.88. The van der Waals surface area contributed by atoms with Gasteiger partial charge in [0.15, 0.2) is 0 Å². The normalized spacial score (nSPS) is 13.2. The van der Waals surface area contributed by atoms with Gasteiger partial charge in [-0.2, -0.15) is 0 Å². The Labute approximate surface area is 102 Å². The van der Waals surface area contributed by atoms with Gasteiger partial charge in [0.05, 0.1) is 12.3 Å². The van der Waals surface area contributed by atoms with E-state index in [4.69, 9.17) is 9.84 Å². The van der Waals surface area contributed by atoms with Crippen molar-refractivity contribution < 1.29 is 14.6 Å². The summed E-state index contributed by atoms with van der Waals surface area (Å²) in [6.45, 7) is 0.718. The number of carboxylic acid groups (broad SMARTS) is 1. The summed E-state index contributed by atoms with van der Waals surface area (Å²) in [5.41, 5.74) is 2.81. The fraction of sp³-hybridized carbons (Fsp3) is 0.167. The molecule has 0 unspecified atom stereocenters. The Balaban J connectivity index is 2.00. The van der Waals surface area contributed by atoms with Crippen molar-refractivity contribution >= 4 is 17.3 Å². The van der Waals surface area contributed by atoms with Gasteiger partial charge in [-0.25, -0.2) is 9.78 Å². The highest BCUT2D eigenvalue weighted by Gasteiger charge is 2.15. The van der Waals surface area contributed by atoms with Crippen LogP contribution in [0.5, 0.6) is 5.75 Å². The number of aromatic nitrogens is 1. The van der Waals surface area contributed by atoms with Crippen molar-refractivity contribution in [2.24, 2.45) is 0 Å². The second kappa shape index (κ2) is 3.85. The van der Waals surface area contributed by atoms with Gasteiger partial charge in [0.1, 0.15) is 5.75 Å². The highest BCUT2D eigenvalue weighted by Crippen LogP contribution is 2.30. The summed E-state index contributed by atoms with van der Waals surface area (Å²) in [7, 11) is 0. The smallest absolute Gasteiger partial charge is 0.365 e. The van der Waals surface area contributed by atoms with Crippen LogP contribution in [0.4, 0.5) is 0 Å². The molecule has 3 rings (SSSR count). The predicted molar refractivity (Wildman–Crippen MR) is 63.7 cm³/mol. The third kappa shape index (κ3) is 1.78. The van der Waals surface area contributed by atoms with Crippen molar-refractivity contribution in [1.29, 1.82) is 0 Å². The van der Waals surface area contributed by atoms with E-state index in [9.17, 15) is 4.79 Å². The largest absolute Gasteiger partial charge is 0.493 e. The molecule has 1 aromatic heterocycles. The van der Waals surface area contributed by atoms with Crippen LogP contribution in [-0.2, 0) is 6.42 Å². The van der Waals surface area contributed by atoms with Crippen LogP contribution in [0.1, 0.15) is 15.4 Å². The number of aromatic carboxylic acids is 1. The molecule has 17 heavy (non-hydrogen) atoms. The van der Waals surface area contributed by atoms with Gasteiger partial charge in [-0.1, -0.05) is 0 Å². The molecule has 0 aliphatic carbocycles. The highest BCUT2D eigenvalue weighted by molar-refractivity contribution is 7.11. The first kappa shape index (κ1) is 10.3. The maximum atomic E-state index is 10.8. The van der Waals surface area contributed by atoms with E-state index in [1.165, 1.54) is 0 Å². The van der Waals surface area contributed by atoms with Crippen molar-refractivity contribution in [3.8, 4) is 17.0 Å². The molecule has 0 bridgehead atoms. The van der Waals surface area contributed by atoms with E-state index in [1.807, 2.05) is 18.2 Å². The predicted octanol–water partition coefficient (Wildman–Crippen LogP) is 2.44. The van der Waals surface area contributed by atoms with Gasteiger partial charge in [0.25, 0.3) is 0 Å². The number of ether oxygens (including phenoxy) is 1. The summed E-state index contributed by atoms with van der Waals surface area (Å²) in [5.74, 6) is -0.0619. The number of nitrogens with zero attached hydrogens (tertiary/aromatic N) is 1. The summed E-state index contributed by atoms with van der Waals surface area (Å²) in [6, 6.07) is 5.84. The number of hydrogen-bond acceptors (Lipinski definition) is 4. The first-order valence-electron chi connectivity index (χ1n) is 5.19. The molecule has 2 aromatic rings. The first-order valence-corrected chi connectivity index (χ1v) is 6.07. The number of carboxylic acids is 1. The summed E-state index contributed by atoms with van der Waals surface area (Å²) in [4.78, 5) is 14.8. The van der Waals surface area contributed by atoms with Gasteiger partial charge in [-0.3, -0.25) is 0 Å². The summed E-state index contributed by atoms with van der Waals surface area (Å²) < 4.78 is 5.42. The Morgan fingerprint density at radius 3 is 3.12 bits per heavy atom. The minimum Gasteiger partial charge on any atom is -0.493 e. The molecular weight excluding hydrogens is 238 g/mol. The van der Waals surface area contributed by atoms with Crippen LogP contribution in [0.3, 0.4) is 0 Å². The lowest BCUT2D eigenvalue weighted by Crippen LogP contribution is -1.94. The van der Waals surface area contributed by atoms with Crippen LogP contribution in [0.25, 0.3) is 11.3 Å². The Bertz CT molecular complexity index is 591. The zero-order valence-corrected chi connectivity index (χ0v) is 9.66. The number of carbonyl (C=O) groups is 1. The maximum absolute atomic E-state index is 10.8. The van der Waals surface area contributed by atoms with E-state index in [1.54, 1.807) is 5.38 Å². The molecule has 86 valence electrons. The van der Waals surface area contributed by atoms with E-state index < -0.39 is 5.97 Å². The molecule has 1 N–H and O–H groups in total. The van der Waals surface area contributed by atoms with Gasteiger partial charge < -0.3 is 9.84 Å². The maximum Gasteiger partial charge on any atom is 0.365 e. The average molecular weight is 247 g/mol. The standard InChI is InChI=1S/C12H9NO3S/c14-12(15)11-13-9(6-17-11)7-1-2-10-8(5-7)3-4-16-10/h1-2,5-6H,3-4H2,(H,14,15). The zero-order chi connectivity index (χ0) is 11.8. The number of fused-ring (bicyclic) bond motifs is 1. The lowest BCUT2D eigenvalue weighted by Gasteiger charge is -2.00. The van der Waals surface area contributed by atoms with Crippen molar-refractivity contribution in [1.82, 2.24) is 4.98 Å². The van der Waals surface area contributed by atoms with Crippen LogP contribution in [0.2, 0.25) is 0 Å². The third-order valence-electron chi connectivity index (χ3n) is 2.67. The lowest BCUT2D eigenvalue weighted by atomic mass is 10.1. The zero-order valence-electron chi connectivity index (χ0n) is 8.84. The molecule has 1 aromatic carbocycles. The molecule has 1 aliphatic rings. The number of thiazole rings is 1. The SMILES string of the molecule is O=C(O)c1nc(-c2ccc3c(c2)CCO3)cs1. The Morgan fingerprint density at radius 2 is 2.35 bits per heavy atom. The molecular formula is C12H9NO3S. The van der Waals surface area contributed by atoms with Gasteiger partial charge in [-0.05, 0) is 23.8 Å². The molecule has 0 fully saturated rings. The molecule has 0 amide bonds. The second-order valence-corrected chi connectivity index (χ2v) is 4.62. The van der Waals surface area contributed by atoms with Gasteiger partial charge in [-0.15, -0.1) is 11.3 Å². The molecule has 0 atom stereocenters. The van der Waals surface area contributed by atoms with Gasteiger partial charge in [0.2, 0.25) is 5.01 Å². The molecule has 5 heteroatoms. The molecule has 1 aliphatic heterocycles. The van der Waals surface area contributed by atoms with Crippen LogP contribution in [0.15, 0.2) is 23.6 Å². The van der Waals surface area contributed by atoms with E-state index in [0.717, 1.165) is 41.2 Å². The van der Waals surface area contributed by atoms with E-state index in [0.29, 0.717) is 5.69 Å². The van der Waals surface area contributed by atoms with E-state index in [2.05, 4.69) is 4.98 Å². The minimum absolute atomic E-state index is 0.122. The number of rotatable bonds is 2. The van der Waals surface area contributed by atoms with E-state index >= 15 is 0 Å². The summed E-state index contributed by atoms with van der Waals surface area (Å²) >= 11 is 1.14. The van der Waals surface area contributed by atoms with Gasteiger partial charge in [0, 0.05) is 17.4 Å². The average Bonchev–Trinajstić information content (AvgIpc) is 2.97. The minimum atomic E-state index is -0.981. The highest BCUT2D eigenvalue weighted by atomic mass is 32.1. The molecule has 4 nitrogen and oxygen atoms in total. The Morgan fingerprint density at radius 1 is 1.47 bits per heavy atom. The van der Waals surface area contributed by atoms with Crippen molar-refractivity contribution in [2.75, 3.05) is 6.61 Å². The summed E-state index contributed by atoms with van der Waals surface area (Å²) in [6.07, 6.45) is 0.902. The number of benzene rings is 1. The summed E-state index contributed by atoms with van der Waals surface area (Å²) in [5, 5.41) is 10.7. The fourth-order valence-corrected chi connectivity index (χ4v) is 2.51. The van der Waals surface area contributed by atoms with E-state index in [-0.39, 0.29) is 5.01 Å². The van der Waals surface area contributed by atoms with Crippen LogP contribution in [-0.4, -0.2) is 22.7 Å². The third-order valence-corrected chi connectivity index (χ3v) is 3.50. The molecule has 0 radical (unpaired) electrons. The van der Waals surface area contributed by atoms with Crippen molar-refractivity contribution in [2.45, 2.75) is 6.42 Å². The molecule has 0 saturated heterocycles. The first-order chi connectivity index (χ1) is 8.24. The van der Waals surface area contributed by atoms with Crippen LogP contribution in [0, 0.1) is 0 Å². The second-order valence-electron chi connectivity index (χ2n) is 3.76. The van der Waals surface area contributed by atoms with Crippen molar-refractivity contribution in [3.63, 3.8) is 0 Å². The number of hydrogen-bond donors (Lipinski definition) is 1. The van der Waals surface area contributed by atoms with Crippen molar-refractivity contribution in [3.05, 3.63) is 34.2 Å². The molecule has 2 heterocycles. The lowest BCUT2D eigenvalue weighted by molar-refractivity contribution is 0.0696. The molecule has 0 saturated carbocycles. The monoisotopic (exact) mass is 247 g/mol. The topological polar surface area (TPSA) is 59.4 Å². The van der Waals surface area contributed by atoms with Crippen LogP contribution >= 0.6 is 11.3 Å². The van der Waals surface area contributed by atoms with Gasteiger partial charge >= 0.3 is 5.97 Å². The van der Waals surface area contributed by atoms with Crippen LogP contribution < -0.4 is 4.74 Å². The Kier molecular flexibility index (Phi) is 2.33. The fourth-order valence-electron chi connectivity index (χ4n) is 1.85. The quantitative estimate of drug-likeness (QED) is 0.885. The molecule has 0 spiro atoms.